The van der Waals surface area contributed by atoms with Gasteiger partial charge in [-0.05, 0) is 36.8 Å². The molecule has 130 valence electrons. The summed E-state index contributed by atoms with van der Waals surface area (Å²) < 4.78 is 5.28. The topological polar surface area (TPSA) is 71.4 Å². The third kappa shape index (κ3) is 3.21. The first-order valence-corrected chi connectivity index (χ1v) is 8.39. The van der Waals surface area contributed by atoms with Crippen molar-refractivity contribution in [2.24, 2.45) is 4.99 Å². The summed E-state index contributed by atoms with van der Waals surface area (Å²) in [5, 5.41) is 7.46. The first-order chi connectivity index (χ1) is 12.7. The summed E-state index contributed by atoms with van der Waals surface area (Å²) in [6.07, 6.45) is 2.05. The smallest absolute Gasteiger partial charge is 0.230 e. The first-order valence-electron chi connectivity index (χ1n) is 8.39. The van der Waals surface area contributed by atoms with E-state index in [0.717, 1.165) is 33.6 Å². The van der Waals surface area contributed by atoms with Crippen molar-refractivity contribution in [2.45, 2.75) is 6.92 Å². The van der Waals surface area contributed by atoms with Gasteiger partial charge in [0.15, 0.2) is 0 Å². The lowest BCUT2D eigenvalue weighted by Gasteiger charge is -2.18. The molecule has 1 aliphatic rings. The molecule has 0 radical (unpaired) electrons. The summed E-state index contributed by atoms with van der Waals surface area (Å²) in [6.45, 7) is 2.56. The monoisotopic (exact) mass is 345 g/mol. The fourth-order valence-corrected chi connectivity index (χ4v) is 2.87. The molecule has 2 N–H and O–H groups in total. The Balaban J connectivity index is 1.57. The molecule has 26 heavy (non-hydrogen) atoms. The molecule has 0 saturated heterocycles. The van der Waals surface area contributed by atoms with E-state index in [9.17, 15) is 0 Å². The lowest BCUT2D eigenvalue weighted by molar-refractivity contribution is 0.415. The third-order valence-corrected chi connectivity index (χ3v) is 4.21. The Morgan fingerprint density at radius 3 is 2.73 bits per heavy atom. The molecule has 0 aliphatic carbocycles. The third-order valence-electron chi connectivity index (χ3n) is 4.21. The van der Waals surface area contributed by atoms with E-state index in [2.05, 4.69) is 43.8 Å². The minimum Gasteiger partial charge on any atom is -0.497 e. The number of nitrogens with one attached hydrogen (secondary N) is 2. The van der Waals surface area contributed by atoms with Crippen molar-refractivity contribution >= 4 is 28.5 Å². The maximum atomic E-state index is 5.28. The number of ether oxygens (including phenoxy) is 1. The highest BCUT2D eigenvalue weighted by Gasteiger charge is 2.12. The van der Waals surface area contributed by atoms with Gasteiger partial charge in [-0.15, -0.1) is 0 Å². The second kappa shape index (κ2) is 6.84. The summed E-state index contributed by atoms with van der Waals surface area (Å²) in [6, 6.07) is 15.9. The van der Waals surface area contributed by atoms with Gasteiger partial charge in [0.2, 0.25) is 11.9 Å². The van der Waals surface area contributed by atoms with Crippen LogP contribution in [0.25, 0.3) is 16.6 Å². The highest BCUT2D eigenvalue weighted by Crippen LogP contribution is 2.23. The van der Waals surface area contributed by atoms with Crippen LogP contribution in [-0.4, -0.2) is 29.6 Å². The number of nitrogens with zero attached hydrogens (tertiary/aromatic N) is 3. The molecule has 6 heteroatoms. The van der Waals surface area contributed by atoms with E-state index in [0.29, 0.717) is 18.5 Å². The van der Waals surface area contributed by atoms with Gasteiger partial charge < -0.3 is 10.1 Å². The standard InChI is InChI=1S/C20H19N5O/c1-13-16-12-15(26-2)8-9-18(16)24-20(22-13)25-19-21-11-10-17(23-19)14-6-4-3-5-7-14/h3-10,12H,11H2,1-2H3,(H2,21,22,23,24,25). The fourth-order valence-electron chi connectivity index (χ4n) is 2.87. The molecule has 1 aliphatic heterocycles. The predicted molar refractivity (Wildman–Crippen MR) is 104 cm³/mol. The molecule has 6 nitrogen and oxygen atoms in total. The van der Waals surface area contributed by atoms with E-state index in [-0.39, 0.29) is 0 Å². The van der Waals surface area contributed by atoms with Crippen LogP contribution in [0.15, 0.2) is 59.6 Å². The van der Waals surface area contributed by atoms with E-state index < -0.39 is 0 Å². The molecular formula is C20H19N5O. The van der Waals surface area contributed by atoms with Crippen LogP contribution in [0.4, 0.5) is 5.95 Å². The van der Waals surface area contributed by atoms with E-state index in [4.69, 9.17) is 4.74 Å². The number of hydrogen-bond donors (Lipinski definition) is 2. The summed E-state index contributed by atoms with van der Waals surface area (Å²) in [5.41, 5.74) is 3.87. The lowest BCUT2D eigenvalue weighted by Crippen LogP contribution is -2.32. The van der Waals surface area contributed by atoms with Gasteiger partial charge in [-0.1, -0.05) is 30.3 Å². The Morgan fingerprint density at radius 1 is 1.08 bits per heavy atom. The number of aromatic nitrogens is 2. The molecule has 1 aromatic heterocycles. The maximum Gasteiger partial charge on any atom is 0.230 e. The Hall–Kier alpha value is -3.41. The Labute approximate surface area is 151 Å². The van der Waals surface area contributed by atoms with Crippen LogP contribution in [0.5, 0.6) is 5.75 Å². The number of fused-ring (bicyclic) bond motifs is 1. The Bertz CT molecular complexity index is 1010. The quantitative estimate of drug-likeness (QED) is 0.762. The maximum absolute atomic E-state index is 5.28. The molecular weight excluding hydrogens is 326 g/mol. The van der Waals surface area contributed by atoms with Gasteiger partial charge in [0.25, 0.3) is 0 Å². The lowest BCUT2D eigenvalue weighted by atomic mass is 10.1. The molecule has 0 unspecified atom stereocenters. The van der Waals surface area contributed by atoms with Gasteiger partial charge in [0.1, 0.15) is 5.75 Å². The van der Waals surface area contributed by atoms with Crippen LogP contribution in [0.3, 0.4) is 0 Å². The summed E-state index contributed by atoms with van der Waals surface area (Å²) in [7, 11) is 1.65. The van der Waals surface area contributed by atoms with E-state index in [1.165, 1.54) is 0 Å². The van der Waals surface area contributed by atoms with Crippen molar-refractivity contribution < 1.29 is 4.74 Å². The Morgan fingerprint density at radius 2 is 1.92 bits per heavy atom. The van der Waals surface area contributed by atoms with Crippen molar-refractivity contribution in [3.63, 3.8) is 0 Å². The van der Waals surface area contributed by atoms with Gasteiger partial charge in [0, 0.05) is 11.1 Å². The number of rotatable bonds is 3. The van der Waals surface area contributed by atoms with Crippen molar-refractivity contribution in [3.05, 3.63) is 65.9 Å². The van der Waals surface area contributed by atoms with Crippen LogP contribution in [0.1, 0.15) is 11.3 Å². The minimum atomic E-state index is 0.515. The van der Waals surface area contributed by atoms with Crippen LogP contribution in [0, 0.1) is 6.92 Å². The number of benzene rings is 2. The molecule has 0 saturated carbocycles. The van der Waals surface area contributed by atoms with Crippen LogP contribution in [0.2, 0.25) is 0 Å². The number of guanidine groups is 1. The van der Waals surface area contributed by atoms with E-state index >= 15 is 0 Å². The second-order valence-electron chi connectivity index (χ2n) is 5.94. The molecule has 0 fully saturated rings. The number of anilines is 1. The van der Waals surface area contributed by atoms with Gasteiger partial charge in [0.05, 0.1) is 24.9 Å². The van der Waals surface area contributed by atoms with Crippen LogP contribution >= 0.6 is 0 Å². The molecule has 2 heterocycles. The number of aliphatic imine (C=N–C) groups is 1. The predicted octanol–water partition coefficient (Wildman–Crippen LogP) is 3.36. The normalized spacial score (nSPS) is 13.6. The molecule has 0 atom stereocenters. The zero-order chi connectivity index (χ0) is 17.9. The van der Waals surface area contributed by atoms with Gasteiger partial charge in [-0.25, -0.2) is 15.0 Å². The molecule has 4 rings (SSSR count). The molecule has 3 aromatic rings. The minimum absolute atomic E-state index is 0.515. The Kier molecular flexibility index (Phi) is 4.23. The SMILES string of the molecule is COc1ccc2nc(NC3=NCC=C(c4ccccc4)N3)nc(C)c2c1. The molecule has 0 bridgehead atoms. The molecule has 2 aromatic carbocycles. The number of methoxy groups -OCH3 is 1. The van der Waals surface area contributed by atoms with Crippen LogP contribution < -0.4 is 15.4 Å². The molecule has 0 spiro atoms. The second-order valence-corrected chi connectivity index (χ2v) is 5.94. The van der Waals surface area contributed by atoms with Gasteiger partial charge in [-0.3, -0.25) is 5.32 Å². The fraction of sp³-hybridized carbons (Fsp3) is 0.150. The first kappa shape index (κ1) is 16.1. The summed E-state index contributed by atoms with van der Waals surface area (Å²) >= 11 is 0. The zero-order valence-corrected chi connectivity index (χ0v) is 14.7. The number of hydrogen-bond acceptors (Lipinski definition) is 6. The zero-order valence-electron chi connectivity index (χ0n) is 14.7. The van der Waals surface area contributed by atoms with Crippen LogP contribution in [-0.2, 0) is 0 Å². The highest BCUT2D eigenvalue weighted by atomic mass is 16.5. The average molecular weight is 345 g/mol. The van der Waals surface area contributed by atoms with Crippen molar-refractivity contribution in [3.8, 4) is 5.75 Å². The largest absolute Gasteiger partial charge is 0.497 e. The summed E-state index contributed by atoms with van der Waals surface area (Å²) in [4.78, 5) is 13.6. The van der Waals surface area contributed by atoms with E-state index in [1.54, 1.807) is 7.11 Å². The van der Waals surface area contributed by atoms with Crippen molar-refractivity contribution in [1.29, 1.82) is 0 Å². The van der Waals surface area contributed by atoms with Gasteiger partial charge in [-0.2, -0.15) is 0 Å². The average Bonchev–Trinajstić information content (AvgIpc) is 2.69. The summed E-state index contributed by atoms with van der Waals surface area (Å²) in [5.74, 6) is 1.94. The highest BCUT2D eigenvalue weighted by molar-refractivity contribution is 5.99. The van der Waals surface area contributed by atoms with Crippen molar-refractivity contribution in [2.75, 3.05) is 19.0 Å². The van der Waals surface area contributed by atoms with E-state index in [1.807, 2.05) is 43.3 Å². The number of aryl methyl sites for hydroxylation is 1. The van der Waals surface area contributed by atoms with Gasteiger partial charge >= 0.3 is 0 Å². The molecule has 0 amide bonds. The van der Waals surface area contributed by atoms with Crippen molar-refractivity contribution in [1.82, 2.24) is 15.3 Å².